The number of para-hydroxylation sites is 1. The van der Waals surface area contributed by atoms with Crippen molar-refractivity contribution in [1.29, 1.82) is 0 Å². The molecule has 0 unspecified atom stereocenters. The van der Waals surface area contributed by atoms with E-state index >= 15 is 0 Å². The van der Waals surface area contributed by atoms with Gasteiger partial charge in [-0.3, -0.25) is 4.79 Å². The molecule has 0 aliphatic heterocycles. The molecule has 0 heterocycles. The maximum atomic E-state index is 13.5. The summed E-state index contributed by atoms with van der Waals surface area (Å²) in [7, 11) is 0. The number of amides is 1. The first-order chi connectivity index (χ1) is 25.7. The van der Waals surface area contributed by atoms with E-state index in [4.69, 9.17) is 29.4 Å². The summed E-state index contributed by atoms with van der Waals surface area (Å²) in [4.78, 5) is 13.5. The third kappa shape index (κ3) is 22.1. The minimum atomic E-state index is -0.199. The van der Waals surface area contributed by atoms with E-state index in [1.54, 1.807) is 0 Å². The number of hydrogen-bond donors (Lipinski definition) is 2. The van der Waals surface area contributed by atoms with Crippen molar-refractivity contribution in [2.75, 3.05) is 46.2 Å². The van der Waals surface area contributed by atoms with Crippen molar-refractivity contribution >= 4 is 5.91 Å². The Morgan fingerprint density at radius 2 is 1.04 bits per heavy atom. The van der Waals surface area contributed by atoms with Crippen LogP contribution in [0.1, 0.15) is 154 Å². The fourth-order valence-corrected chi connectivity index (χ4v) is 6.09. The zero-order chi connectivity index (χ0) is 38.5. The first-order valence-electron chi connectivity index (χ1n) is 21.0. The molecular formula is C45H76N2O6. The van der Waals surface area contributed by atoms with Gasteiger partial charge in [-0.25, -0.2) is 0 Å². The molecule has 0 fully saturated rings. The number of hydrogen-bond acceptors (Lipinski definition) is 7. The number of rotatable bonds is 33. The third-order valence-electron chi connectivity index (χ3n) is 9.28. The lowest BCUT2D eigenvalue weighted by molar-refractivity contribution is 0.0865. The van der Waals surface area contributed by atoms with Gasteiger partial charge in [-0.1, -0.05) is 137 Å². The van der Waals surface area contributed by atoms with Crippen molar-refractivity contribution in [3.05, 3.63) is 47.5 Å². The molecule has 0 bridgehead atoms. The van der Waals surface area contributed by atoms with Crippen LogP contribution in [0.15, 0.2) is 36.4 Å². The average Bonchev–Trinajstić information content (AvgIpc) is 3.13. The zero-order valence-corrected chi connectivity index (χ0v) is 34.5. The van der Waals surface area contributed by atoms with E-state index in [-0.39, 0.29) is 5.91 Å². The highest BCUT2D eigenvalue weighted by atomic mass is 16.5. The molecular weight excluding hydrogens is 665 g/mol. The number of nitrogens with two attached hydrogens (primary N) is 1. The van der Waals surface area contributed by atoms with Gasteiger partial charge < -0.3 is 34.7 Å². The molecule has 0 aliphatic carbocycles. The van der Waals surface area contributed by atoms with E-state index in [0.29, 0.717) is 75.5 Å². The van der Waals surface area contributed by atoms with Gasteiger partial charge in [-0.15, -0.1) is 0 Å². The van der Waals surface area contributed by atoms with Crippen LogP contribution in [0.3, 0.4) is 0 Å². The Morgan fingerprint density at radius 1 is 0.566 bits per heavy atom. The second-order valence-electron chi connectivity index (χ2n) is 15.7. The lowest BCUT2D eigenvalue weighted by atomic mass is 10.0. The fourth-order valence-electron chi connectivity index (χ4n) is 6.09. The molecule has 3 N–H and O–H groups in total. The molecule has 0 aromatic heterocycles. The molecule has 2 rings (SSSR count). The quantitative estimate of drug-likeness (QED) is 0.0703. The molecule has 0 saturated heterocycles. The monoisotopic (exact) mass is 741 g/mol. The van der Waals surface area contributed by atoms with Crippen molar-refractivity contribution in [2.45, 2.75) is 144 Å². The van der Waals surface area contributed by atoms with Crippen LogP contribution in [0.5, 0.6) is 23.0 Å². The van der Waals surface area contributed by atoms with Crippen molar-refractivity contribution in [3.63, 3.8) is 0 Å². The number of ether oxygens (including phenoxy) is 5. The van der Waals surface area contributed by atoms with E-state index in [1.165, 1.54) is 57.8 Å². The number of unbranched alkanes of at least 4 members (excludes halogenated alkanes) is 9. The molecule has 302 valence electrons. The van der Waals surface area contributed by atoms with E-state index in [0.717, 1.165) is 67.6 Å². The van der Waals surface area contributed by atoms with E-state index in [2.05, 4.69) is 46.9 Å². The molecule has 0 saturated carbocycles. The summed E-state index contributed by atoms with van der Waals surface area (Å²) in [5.74, 6) is 4.56. The van der Waals surface area contributed by atoms with Crippen LogP contribution in [-0.2, 0) is 11.3 Å². The van der Waals surface area contributed by atoms with Crippen molar-refractivity contribution in [1.82, 2.24) is 5.32 Å². The van der Waals surface area contributed by atoms with Gasteiger partial charge in [0.25, 0.3) is 5.91 Å². The van der Waals surface area contributed by atoms with Gasteiger partial charge >= 0.3 is 0 Å². The SMILES string of the molecule is CC(C)CCCCCCOc1cc(C(=O)NCCOCCOc2ccccc2CN)cc(OCCCCCCC(C)C)c1OCCCCCCC(C)C. The lowest BCUT2D eigenvalue weighted by Gasteiger charge is -2.19. The smallest absolute Gasteiger partial charge is 0.251 e. The highest BCUT2D eigenvalue weighted by molar-refractivity contribution is 5.95. The van der Waals surface area contributed by atoms with Crippen LogP contribution in [0, 0.1) is 17.8 Å². The molecule has 53 heavy (non-hydrogen) atoms. The minimum Gasteiger partial charge on any atom is -0.491 e. The predicted molar refractivity (Wildman–Crippen MR) is 220 cm³/mol. The Kier molecular flexibility index (Phi) is 25.6. The Labute approximate surface area is 323 Å². The second-order valence-corrected chi connectivity index (χ2v) is 15.7. The van der Waals surface area contributed by atoms with Crippen molar-refractivity contribution in [3.8, 4) is 23.0 Å². The second kappa shape index (κ2) is 29.4. The van der Waals surface area contributed by atoms with Crippen molar-refractivity contribution < 1.29 is 28.5 Å². The lowest BCUT2D eigenvalue weighted by Crippen LogP contribution is -2.28. The Bertz CT molecular complexity index is 1170. The largest absolute Gasteiger partial charge is 0.491 e. The first kappa shape index (κ1) is 46.2. The average molecular weight is 741 g/mol. The minimum absolute atomic E-state index is 0.199. The summed E-state index contributed by atoms with van der Waals surface area (Å²) in [5, 5.41) is 3.01. The summed E-state index contributed by atoms with van der Waals surface area (Å²) in [6.45, 7) is 17.4. The van der Waals surface area contributed by atoms with Gasteiger partial charge in [0, 0.05) is 24.2 Å². The predicted octanol–water partition coefficient (Wildman–Crippen LogP) is 10.9. The fraction of sp³-hybridized carbons (Fsp3) is 0.711. The maximum absolute atomic E-state index is 13.5. The standard InChI is InChI=1S/C45H76N2O6/c1-36(2)21-13-7-10-18-27-50-42-33-40(45(48)47-26-30-49-31-32-52-41-25-17-16-24-39(41)35-46)34-43(51-28-19-11-8-14-22-37(3)4)44(42)53-29-20-12-9-15-23-38(5)6/h16-17,24-25,33-34,36-38H,7-15,18-23,26-32,35,46H2,1-6H3,(H,47,48). The third-order valence-corrected chi connectivity index (χ3v) is 9.28. The van der Waals surface area contributed by atoms with Crippen LogP contribution < -0.4 is 30.0 Å². The van der Waals surface area contributed by atoms with Crippen molar-refractivity contribution in [2.24, 2.45) is 23.5 Å². The molecule has 1 amide bonds. The van der Waals surface area contributed by atoms with Gasteiger partial charge in [0.2, 0.25) is 5.75 Å². The van der Waals surface area contributed by atoms with Gasteiger partial charge in [0.1, 0.15) is 12.4 Å². The van der Waals surface area contributed by atoms with Crippen LogP contribution in [0.4, 0.5) is 0 Å². The van der Waals surface area contributed by atoms with Gasteiger partial charge in [-0.05, 0) is 55.2 Å². The number of carbonyl (C=O) groups excluding carboxylic acids is 1. The summed E-state index contributed by atoms with van der Waals surface area (Å²) in [5.41, 5.74) is 7.26. The molecule has 2 aromatic carbocycles. The molecule has 2 aromatic rings. The highest BCUT2D eigenvalue weighted by Crippen LogP contribution is 2.40. The zero-order valence-electron chi connectivity index (χ0n) is 34.5. The summed E-state index contributed by atoms with van der Waals surface area (Å²) < 4.78 is 30.8. The van der Waals surface area contributed by atoms with Crippen LogP contribution in [-0.4, -0.2) is 52.1 Å². The number of carbonyl (C=O) groups is 1. The van der Waals surface area contributed by atoms with E-state index in [9.17, 15) is 4.79 Å². The van der Waals surface area contributed by atoms with Gasteiger partial charge in [0.05, 0.1) is 33.0 Å². The summed E-state index contributed by atoms with van der Waals surface area (Å²) in [6.07, 6.45) is 17.4. The number of nitrogens with one attached hydrogen (secondary N) is 1. The molecule has 0 spiro atoms. The van der Waals surface area contributed by atoms with Gasteiger partial charge in [0.15, 0.2) is 11.5 Å². The Morgan fingerprint density at radius 3 is 1.55 bits per heavy atom. The number of benzene rings is 2. The van der Waals surface area contributed by atoms with Crippen LogP contribution >= 0.6 is 0 Å². The van der Waals surface area contributed by atoms with E-state index in [1.807, 2.05) is 36.4 Å². The molecule has 0 radical (unpaired) electrons. The molecule has 0 aliphatic rings. The van der Waals surface area contributed by atoms with Gasteiger partial charge in [-0.2, -0.15) is 0 Å². The maximum Gasteiger partial charge on any atom is 0.251 e. The molecule has 8 nitrogen and oxygen atoms in total. The van der Waals surface area contributed by atoms with Crippen LogP contribution in [0.2, 0.25) is 0 Å². The Balaban J connectivity index is 2.06. The molecule has 0 atom stereocenters. The van der Waals surface area contributed by atoms with Crippen LogP contribution in [0.25, 0.3) is 0 Å². The molecule has 8 heteroatoms. The summed E-state index contributed by atoms with van der Waals surface area (Å²) >= 11 is 0. The Hall–Kier alpha value is -2.97. The normalized spacial score (nSPS) is 11.4. The van der Waals surface area contributed by atoms with E-state index < -0.39 is 0 Å². The highest BCUT2D eigenvalue weighted by Gasteiger charge is 2.19. The summed E-state index contributed by atoms with van der Waals surface area (Å²) in [6, 6.07) is 11.4. The first-order valence-corrected chi connectivity index (χ1v) is 21.0. The topological polar surface area (TPSA) is 101 Å².